The Hall–Kier alpha value is -2.73. The van der Waals surface area contributed by atoms with Crippen LogP contribution >= 0.6 is 0 Å². The number of aryl methyl sites for hydroxylation is 1. The molecule has 0 radical (unpaired) electrons. The van der Waals surface area contributed by atoms with E-state index in [0.717, 1.165) is 38.8 Å². The molecule has 3 N–H and O–H groups in total. The van der Waals surface area contributed by atoms with E-state index in [2.05, 4.69) is 39.7 Å². The van der Waals surface area contributed by atoms with Crippen molar-refractivity contribution in [2.75, 3.05) is 6.54 Å². The number of nitrogens with two attached hydrogens (primary N) is 1. The Bertz CT molecular complexity index is 952. The molecule has 0 fully saturated rings. The Balaban J connectivity index is 1.96. The van der Waals surface area contributed by atoms with Crippen molar-refractivity contribution < 1.29 is 0 Å². The third-order valence-corrected chi connectivity index (χ3v) is 3.85. The lowest BCUT2D eigenvalue weighted by atomic mass is 10.1. The summed E-state index contributed by atoms with van der Waals surface area (Å²) in [6.45, 7) is 3.27. The quantitative estimate of drug-likeness (QED) is 0.606. The second-order valence-corrected chi connectivity index (χ2v) is 5.34. The number of nitrogens with zero attached hydrogens (tertiary/aromatic N) is 4. The second-order valence-electron chi connectivity index (χ2n) is 5.34. The van der Waals surface area contributed by atoms with Gasteiger partial charge >= 0.3 is 0 Å². The zero-order chi connectivity index (χ0) is 15.1. The number of nitrogens with one attached hydrogen (secondary N) is 1. The van der Waals surface area contributed by atoms with Crippen molar-refractivity contribution in [2.45, 2.75) is 13.5 Å². The van der Waals surface area contributed by atoms with Crippen LogP contribution < -0.4 is 5.73 Å². The van der Waals surface area contributed by atoms with Gasteiger partial charge in [0.15, 0.2) is 0 Å². The zero-order valence-corrected chi connectivity index (χ0v) is 12.2. The van der Waals surface area contributed by atoms with Crippen LogP contribution in [0.2, 0.25) is 0 Å². The third kappa shape index (κ3) is 1.96. The van der Waals surface area contributed by atoms with E-state index in [9.17, 15) is 0 Å². The molecule has 6 heteroatoms. The molecule has 0 spiro atoms. The number of aromatic nitrogens is 5. The molecule has 3 aromatic heterocycles. The van der Waals surface area contributed by atoms with Gasteiger partial charge in [-0.2, -0.15) is 10.2 Å². The van der Waals surface area contributed by atoms with Crippen molar-refractivity contribution in [3.05, 3.63) is 42.4 Å². The van der Waals surface area contributed by atoms with Gasteiger partial charge in [0.2, 0.25) is 0 Å². The van der Waals surface area contributed by atoms with Crippen molar-refractivity contribution in [1.82, 2.24) is 25.0 Å². The number of H-pyrrole nitrogens is 1. The highest BCUT2D eigenvalue weighted by molar-refractivity contribution is 6.05. The van der Waals surface area contributed by atoms with Crippen molar-refractivity contribution in [1.29, 1.82) is 0 Å². The number of hydrogen-bond acceptors (Lipinski definition) is 4. The maximum atomic E-state index is 5.62. The first-order valence-electron chi connectivity index (χ1n) is 7.23. The van der Waals surface area contributed by atoms with Crippen LogP contribution in [0.5, 0.6) is 0 Å². The Morgan fingerprint density at radius 2 is 2.14 bits per heavy atom. The molecular weight excluding hydrogens is 276 g/mol. The predicted molar refractivity (Wildman–Crippen MR) is 86.4 cm³/mol. The molecular formula is C16H16N6. The smallest absolute Gasteiger partial charge is 0.114 e. The third-order valence-electron chi connectivity index (χ3n) is 3.85. The number of rotatable bonds is 3. The minimum absolute atomic E-state index is 0.572. The van der Waals surface area contributed by atoms with Crippen LogP contribution in [-0.4, -0.2) is 31.5 Å². The lowest BCUT2D eigenvalue weighted by molar-refractivity contribution is 0.631. The van der Waals surface area contributed by atoms with Crippen molar-refractivity contribution in [3.8, 4) is 11.3 Å². The Labute approximate surface area is 127 Å². The van der Waals surface area contributed by atoms with Crippen molar-refractivity contribution in [2.24, 2.45) is 5.73 Å². The number of aromatic amines is 1. The molecule has 4 rings (SSSR count). The van der Waals surface area contributed by atoms with Crippen LogP contribution in [0, 0.1) is 6.92 Å². The Kier molecular flexibility index (Phi) is 2.90. The molecule has 0 aliphatic rings. The summed E-state index contributed by atoms with van der Waals surface area (Å²) in [5.74, 6) is 0. The van der Waals surface area contributed by atoms with Crippen LogP contribution in [0.3, 0.4) is 0 Å². The van der Waals surface area contributed by atoms with E-state index in [0.29, 0.717) is 13.1 Å². The normalized spacial score (nSPS) is 11.5. The zero-order valence-electron chi connectivity index (χ0n) is 12.2. The minimum Gasteiger partial charge on any atom is -0.329 e. The molecule has 0 unspecified atom stereocenters. The van der Waals surface area contributed by atoms with Crippen LogP contribution in [0.15, 0.2) is 36.7 Å². The van der Waals surface area contributed by atoms with E-state index >= 15 is 0 Å². The van der Waals surface area contributed by atoms with Gasteiger partial charge in [-0.3, -0.25) is 14.8 Å². The van der Waals surface area contributed by atoms with Crippen LogP contribution in [0.4, 0.5) is 0 Å². The molecule has 4 aromatic rings. The molecule has 0 saturated heterocycles. The Morgan fingerprint density at radius 1 is 1.23 bits per heavy atom. The highest BCUT2D eigenvalue weighted by Gasteiger charge is 2.11. The van der Waals surface area contributed by atoms with E-state index in [1.807, 2.05) is 17.7 Å². The molecule has 0 aliphatic carbocycles. The number of benzene rings is 1. The molecule has 110 valence electrons. The van der Waals surface area contributed by atoms with E-state index in [4.69, 9.17) is 10.7 Å². The van der Waals surface area contributed by atoms with Gasteiger partial charge in [-0.25, -0.2) is 0 Å². The fourth-order valence-electron chi connectivity index (χ4n) is 2.80. The summed E-state index contributed by atoms with van der Waals surface area (Å²) >= 11 is 0. The number of fused-ring (bicyclic) bond motifs is 3. The predicted octanol–water partition coefficient (Wildman–Crippen LogP) is 2.24. The SMILES string of the molecule is Cc1nc2cc(-c3ccn[nH]3)ccc2c2cn(CCN)nc12. The lowest BCUT2D eigenvalue weighted by Gasteiger charge is -2.04. The minimum atomic E-state index is 0.572. The summed E-state index contributed by atoms with van der Waals surface area (Å²) in [6, 6.07) is 8.20. The van der Waals surface area contributed by atoms with Crippen molar-refractivity contribution in [3.63, 3.8) is 0 Å². The molecule has 3 heterocycles. The van der Waals surface area contributed by atoms with E-state index in [1.165, 1.54) is 0 Å². The summed E-state index contributed by atoms with van der Waals surface area (Å²) in [7, 11) is 0. The maximum absolute atomic E-state index is 5.62. The van der Waals surface area contributed by atoms with Gasteiger partial charge in [0.25, 0.3) is 0 Å². The average molecular weight is 292 g/mol. The number of hydrogen-bond donors (Lipinski definition) is 2. The van der Waals surface area contributed by atoms with Crippen LogP contribution in [0.1, 0.15) is 5.69 Å². The fraction of sp³-hybridized carbons (Fsp3) is 0.188. The summed E-state index contributed by atoms with van der Waals surface area (Å²) in [5.41, 5.74) is 10.5. The van der Waals surface area contributed by atoms with Crippen molar-refractivity contribution >= 4 is 21.8 Å². The topological polar surface area (TPSA) is 85.4 Å². The molecule has 0 amide bonds. The van der Waals surface area contributed by atoms with Gasteiger partial charge < -0.3 is 5.73 Å². The largest absolute Gasteiger partial charge is 0.329 e. The average Bonchev–Trinajstić information content (AvgIpc) is 3.17. The maximum Gasteiger partial charge on any atom is 0.114 e. The molecule has 1 aromatic carbocycles. The second kappa shape index (κ2) is 4.92. The Morgan fingerprint density at radius 3 is 2.91 bits per heavy atom. The molecule has 0 saturated carbocycles. The summed E-state index contributed by atoms with van der Waals surface area (Å²) in [5, 5.41) is 13.8. The summed E-state index contributed by atoms with van der Waals surface area (Å²) < 4.78 is 1.89. The van der Waals surface area contributed by atoms with Gasteiger partial charge in [0.1, 0.15) is 5.52 Å². The van der Waals surface area contributed by atoms with Gasteiger partial charge in [-0.1, -0.05) is 12.1 Å². The van der Waals surface area contributed by atoms with E-state index in [1.54, 1.807) is 6.20 Å². The van der Waals surface area contributed by atoms with E-state index < -0.39 is 0 Å². The molecule has 6 nitrogen and oxygen atoms in total. The van der Waals surface area contributed by atoms with Gasteiger partial charge in [0, 0.05) is 35.3 Å². The molecule has 0 atom stereocenters. The first-order chi connectivity index (χ1) is 10.8. The van der Waals surface area contributed by atoms with E-state index in [-0.39, 0.29) is 0 Å². The summed E-state index contributed by atoms with van der Waals surface area (Å²) in [4.78, 5) is 4.71. The highest BCUT2D eigenvalue weighted by Crippen LogP contribution is 2.28. The van der Waals surface area contributed by atoms with Crippen LogP contribution in [-0.2, 0) is 6.54 Å². The lowest BCUT2D eigenvalue weighted by Crippen LogP contribution is -2.09. The van der Waals surface area contributed by atoms with Gasteiger partial charge in [-0.15, -0.1) is 0 Å². The standard InChI is InChI=1S/C16H16N6/c1-10-16-13(9-22(21-16)7-5-17)12-3-2-11(8-15(12)19-10)14-4-6-18-20-14/h2-4,6,8-9H,5,7,17H2,1H3,(H,18,20). The first kappa shape index (κ1) is 13.0. The first-order valence-corrected chi connectivity index (χ1v) is 7.23. The van der Waals surface area contributed by atoms with Crippen LogP contribution in [0.25, 0.3) is 33.1 Å². The molecule has 22 heavy (non-hydrogen) atoms. The fourth-order valence-corrected chi connectivity index (χ4v) is 2.80. The van der Waals surface area contributed by atoms with Gasteiger partial charge in [0.05, 0.1) is 23.4 Å². The highest BCUT2D eigenvalue weighted by atomic mass is 15.3. The monoisotopic (exact) mass is 292 g/mol. The molecule has 0 bridgehead atoms. The number of pyridine rings is 1. The van der Waals surface area contributed by atoms with Gasteiger partial charge in [-0.05, 0) is 19.1 Å². The molecule has 0 aliphatic heterocycles. The summed E-state index contributed by atoms with van der Waals surface area (Å²) in [6.07, 6.45) is 3.80.